The van der Waals surface area contributed by atoms with Gasteiger partial charge in [-0.2, -0.15) is 4.68 Å². The first-order valence-electron chi connectivity index (χ1n) is 13.7. The molecule has 1 aliphatic heterocycles. The van der Waals surface area contributed by atoms with Gasteiger partial charge in [-0.1, -0.05) is 35.9 Å². The van der Waals surface area contributed by atoms with Crippen molar-refractivity contribution < 1.29 is 37.4 Å². The van der Waals surface area contributed by atoms with E-state index in [1.54, 1.807) is 24.3 Å². The van der Waals surface area contributed by atoms with Gasteiger partial charge in [0.1, 0.15) is 12.1 Å². The van der Waals surface area contributed by atoms with Crippen LogP contribution in [0.3, 0.4) is 0 Å². The Morgan fingerprint density at radius 1 is 1.04 bits per heavy atom. The van der Waals surface area contributed by atoms with E-state index in [0.717, 1.165) is 0 Å². The van der Waals surface area contributed by atoms with Gasteiger partial charge in [-0.15, -0.1) is 18.3 Å². The number of rotatable bonds is 9. The lowest BCUT2D eigenvalue weighted by Crippen LogP contribution is -2.51. The van der Waals surface area contributed by atoms with Gasteiger partial charge >= 0.3 is 12.3 Å². The van der Waals surface area contributed by atoms with E-state index in [1.807, 2.05) is 0 Å². The van der Waals surface area contributed by atoms with E-state index >= 15 is 0 Å². The Morgan fingerprint density at radius 3 is 2.42 bits per heavy atom. The third kappa shape index (κ3) is 7.73. The molecular weight excluding hydrogens is 615 g/mol. The van der Waals surface area contributed by atoms with Crippen molar-refractivity contribution in [2.24, 2.45) is 0 Å². The van der Waals surface area contributed by atoms with Crippen LogP contribution in [0.25, 0.3) is 11.8 Å². The summed E-state index contributed by atoms with van der Waals surface area (Å²) in [7, 11) is 0. The zero-order valence-electron chi connectivity index (χ0n) is 23.4. The largest absolute Gasteiger partial charge is 0.573 e. The number of hydrogen-bond acceptors (Lipinski definition) is 7. The van der Waals surface area contributed by atoms with Gasteiger partial charge in [0.25, 0.3) is 0 Å². The number of amides is 1. The van der Waals surface area contributed by atoms with Crippen LogP contribution in [-0.4, -0.2) is 66.8 Å². The molecule has 1 aromatic heterocycles. The van der Waals surface area contributed by atoms with E-state index in [1.165, 1.54) is 70.5 Å². The van der Waals surface area contributed by atoms with Crippen molar-refractivity contribution in [3.63, 3.8) is 0 Å². The van der Waals surface area contributed by atoms with Crippen LogP contribution in [0, 0.1) is 0 Å². The molecule has 10 nitrogen and oxygen atoms in total. The number of alkyl halides is 3. The van der Waals surface area contributed by atoms with Crippen LogP contribution in [0.5, 0.6) is 5.75 Å². The lowest BCUT2D eigenvalue weighted by Gasteiger charge is -2.40. The molecule has 1 aliphatic rings. The number of ether oxygens (including phenoxy) is 1. The summed E-state index contributed by atoms with van der Waals surface area (Å²) in [5, 5.41) is 20.8. The first-order valence-corrected chi connectivity index (χ1v) is 14.1. The second-order valence-electron chi connectivity index (χ2n) is 10.3. The number of likely N-dealkylation sites (tertiary alicyclic amines) is 1. The zero-order chi connectivity index (χ0) is 32.1. The first-order chi connectivity index (χ1) is 21.5. The molecule has 14 heteroatoms. The Hall–Kier alpha value is -5.04. The molecular formula is C31H25ClF3N5O5. The van der Waals surface area contributed by atoms with Crippen molar-refractivity contribution in [3.05, 3.63) is 106 Å². The summed E-state index contributed by atoms with van der Waals surface area (Å²) in [6.45, 7) is 0.263. The number of halogens is 4. The summed E-state index contributed by atoms with van der Waals surface area (Å²) in [5.74, 6) is -2.80. The van der Waals surface area contributed by atoms with Crippen LogP contribution < -0.4 is 4.74 Å². The molecule has 0 bridgehead atoms. The van der Waals surface area contributed by atoms with Gasteiger partial charge in [0, 0.05) is 35.5 Å². The van der Waals surface area contributed by atoms with E-state index in [2.05, 4.69) is 20.3 Å². The normalized spacial score (nSPS) is 16.9. The van der Waals surface area contributed by atoms with Crippen LogP contribution >= 0.6 is 11.6 Å². The minimum absolute atomic E-state index is 0.0620. The molecule has 0 spiro atoms. The van der Waals surface area contributed by atoms with Gasteiger partial charge in [0.15, 0.2) is 5.78 Å². The third-order valence-corrected chi connectivity index (χ3v) is 7.59. The molecule has 3 aromatic carbocycles. The second-order valence-corrected chi connectivity index (χ2v) is 10.7. The fraction of sp³-hybridized carbons (Fsp3) is 0.226. The van der Waals surface area contributed by atoms with Crippen molar-refractivity contribution in [3.8, 4) is 11.4 Å². The first kappa shape index (κ1) is 31.4. The SMILES string of the molecule is O=C(O)c1ccc(CC(=O)C2C(c3ccc(OC(F)(F)F)cc3)CCCN2C(=O)/C=C/c2cc(Cl)ccc2-n2cnnn2)cc1. The number of carbonyl (C=O) groups is 3. The average molecular weight is 640 g/mol. The molecule has 2 atom stereocenters. The number of hydrogen-bond donors (Lipinski definition) is 1. The molecule has 45 heavy (non-hydrogen) atoms. The minimum Gasteiger partial charge on any atom is -0.478 e. The summed E-state index contributed by atoms with van der Waals surface area (Å²) in [5.41, 5.74) is 2.28. The quantitative estimate of drug-likeness (QED) is 0.238. The standard InChI is InChI=1S/C31H25ClF3N5O5/c32-23-10-13-26(40-18-36-37-38-40)22(17-23)9-14-28(42)39-15-1-2-25(20-7-11-24(12-8-20)45-31(33,34)35)29(39)27(41)16-19-3-5-21(6-4-19)30(43)44/h3-14,17-18,25,29H,1-2,15-16H2,(H,43,44)/b14-9+. The molecule has 0 radical (unpaired) electrons. The number of Topliss-reactive ketones (excluding diaryl/α,β-unsaturated/α-hetero) is 1. The van der Waals surface area contributed by atoms with E-state index < -0.39 is 35.9 Å². The molecule has 5 rings (SSSR count). The number of carboxylic acid groups (broad SMARTS) is 1. The van der Waals surface area contributed by atoms with Crippen LogP contribution in [0.4, 0.5) is 13.2 Å². The molecule has 1 saturated heterocycles. The summed E-state index contributed by atoms with van der Waals surface area (Å²) in [6.07, 6.45) is 0.342. The predicted molar refractivity (Wildman–Crippen MR) is 156 cm³/mol. The number of aromatic carboxylic acids is 1. The summed E-state index contributed by atoms with van der Waals surface area (Å²) in [4.78, 5) is 40.4. The van der Waals surface area contributed by atoms with E-state index in [-0.39, 0.29) is 24.3 Å². The Labute approximate surface area is 259 Å². The number of aromatic nitrogens is 4. The van der Waals surface area contributed by atoms with Crippen molar-refractivity contribution in [2.45, 2.75) is 37.6 Å². The minimum atomic E-state index is -4.86. The predicted octanol–water partition coefficient (Wildman–Crippen LogP) is 5.51. The van der Waals surface area contributed by atoms with Gasteiger partial charge in [0.2, 0.25) is 5.91 Å². The topological polar surface area (TPSA) is 128 Å². The zero-order valence-corrected chi connectivity index (χ0v) is 24.2. The van der Waals surface area contributed by atoms with E-state index in [0.29, 0.717) is 40.2 Å². The lowest BCUT2D eigenvalue weighted by atomic mass is 9.80. The van der Waals surface area contributed by atoms with E-state index in [9.17, 15) is 32.7 Å². The van der Waals surface area contributed by atoms with Crippen molar-refractivity contribution in [2.75, 3.05) is 6.54 Å². The highest BCUT2D eigenvalue weighted by atomic mass is 35.5. The summed E-state index contributed by atoms with van der Waals surface area (Å²) >= 11 is 6.21. The fourth-order valence-electron chi connectivity index (χ4n) is 5.37. The van der Waals surface area contributed by atoms with Gasteiger partial charge < -0.3 is 14.7 Å². The molecule has 0 aliphatic carbocycles. The fourth-order valence-corrected chi connectivity index (χ4v) is 5.55. The number of carbonyl (C=O) groups excluding carboxylic acids is 2. The van der Waals surface area contributed by atoms with Gasteiger partial charge in [-0.3, -0.25) is 9.59 Å². The molecule has 0 saturated carbocycles. The lowest BCUT2D eigenvalue weighted by molar-refractivity contribution is -0.274. The smallest absolute Gasteiger partial charge is 0.478 e. The van der Waals surface area contributed by atoms with Crippen LogP contribution in [0.1, 0.15) is 45.8 Å². The molecule has 1 fully saturated rings. The number of benzene rings is 3. The molecule has 2 heterocycles. The monoisotopic (exact) mass is 639 g/mol. The molecule has 4 aromatic rings. The van der Waals surface area contributed by atoms with E-state index in [4.69, 9.17) is 11.6 Å². The highest BCUT2D eigenvalue weighted by molar-refractivity contribution is 6.30. The number of nitrogens with zero attached hydrogens (tertiary/aromatic N) is 5. The molecule has 232 valence electrons. The van der Waals surface area contributed by atoms with Crippen molar-refractivity contribution in [1.29, 1.82) is 0 Å². The number of tetrazole rings is 1. The molecule has 1 amide bonds. The van der Waals surface area contributed by atoms with Crippen molar-refractivity contribution >= 4 is 35.3 Å². The highest BCUT2D eigenvalue weighted by Crippen LogP contribution is 2.36. The third-order valence-electron chi connectivity index (χ3n) is 7.36. The summed E-state index contributed by atoms with van der Waals surface area (Å²) in [6, 6.07) is 15.1. The van der Waals surface area contributed by atoms with Gasteiger partial charge in [0.05, 0.1) is 17.3 Å². The van der Waals surface area contributed by atoms with Crippen LogP contribution in [0.2, 0.25) is 5.02 Å². The maximum Gasteiger partial charge on any atom is 0.573 e. The van der Waals surface area contributed by atoms with Crippen molar-refractivity contribution in [1.82, 2.24) is 25.1 Å². The summed E-state index contributed by atoms with van der Waals surface area (Å²) < 4.78 is 43.6. The Kier molecular flexibility index (Phi) is 9.28. The van der Waals surface area contributed by atoms with Crippen LogP contribution in [-0.2, 0) is 16.0 Å². The highest BCUT2D eigenvalue weighted by Gasteiger charge is 2.39. The second kappa shape index (κ2) is 13.3. The Bertz CT molecular complexity index is 1710. The molecule has 1 N–H and O–H groups in total. The number of carboxylic acids is 1. The van der Waals surface area contributed by atoms with Gasteiger partial charge in [-0.25, -0.2) is 4.79 Å². The Balaban J connectivity index is 1.45. The maximum absolute atomic E-state index is 13.9. The van der Waals surface area contributed by atoms with Crippen LogP contribution in [0.15, 0.2) is 79.1 Å². The molecule has 2 unspecified atom stereocenters. The average Bonchev–Trinajstić information content (AvgIpc) is 3.54. The van der Waals surface area contributed by atoms with Gasteiger partial charge in [-0.05, 0) is 82.9 Å². The number of piperidine rings is 1. The Morgan fingerprint density at radius 2 is 1.78 bits per heavy atom. The number of ketones is 1. The maximum atomic E-state index is 13.9.